The first-order chi connectivity index (χ1) is 17.2. The molecule has 0 unspecified atom stereocenters. The summed E-state index contributed by atoms with van der Waals surface area (Å²) >= 11 is 0. The van der Waals surface area contributed by atoms with Crippen LogP contribution in [0.25, 0.3) is 6.08 Å². The molecule has 3 rings (SSSR count). The molecular weight excluding hydrogens is 467 g/mol. The smallest absolute Gasteiger partial charge is 0.346 e. The summed E-state index contributed by atoms with van der Waals surface area (Å²) in [5.74, 6) is 0.465. The fraction of sp³-hybridized carbons (Fsp3) is 0.259. The number of hydrogen-bond acceptors (Lipinski definition) is 4. The van der Waals surface area contributed by atoms with Gasteiger partial charge in [-0.2, -0.15) is 13.2 Å². The minimum atomic E-state index is -4.46. The molecule has 0 atom stereocenters. The number of rotatable bonds is 7. The Bertz CT molecular complexity index is 1260. The molecule has 0 saturated heterocycles. The van der Waals surface area contributed by atoms with Crippen LogP contribution >= 0.6 is 0 Å². The van der Waals surface area contributed by atoms with Crippen LogP contribution in [0.15, 0.2) is 77.0 Å². The van der Waals surface area contributed by atoms with Gasteiger partial charge in [-0.15, -0.1) is 0 Å². The third kappa shape index (κ3) is 7.76. The van der Waals surface area contributed by atoms with Crippen LogP contribution < -0.4 is 5.32 Å². The van der Waals surface area contributed by atoms with Gasteiger partial charge in [-0.25, -0.2) is 4.98 Å². The standard InChI is InChI=1S/C27H28F3N5O/c1-4-18(2)13-24-25(35-19(3)34-24)17-33-26(36)21-10-12-32-23(15-21)14-20-7-5-9-22(27(28,29)30)16-31-11-6-8-20/h4-5,7-10,12-13,15-16H,1,6,11,14,17H2,2-3H3,(H,33,36)(H,34,35)/b7-5?,18-13-,20-8?,22-9-,31-16?. The van der Waals surface area contributed by atoms with Crippen molar-refractivity contribution in [3.63, 3.8) is 0 Å². The lowest BCUT2D eigenvalue weighted by molar-refractivity contribution is -0.0856. The monoisotopic (exact) mass is 495 g/mol. The first kappa shape index (κ1) is 26.6. The number of H-pyrrole nitrogens is 1. The van der Waals surface area contributed by atoms with E-state index in [-0.39, 0.29) is 19.0 Å². The zero-order chi connectivity index (χ0) is 26.1. The second kappa shape index (κ2) is 12.1. The molecule has 0 aliphatic carbocycles. The molecule has 6 nitrogen and oxygen atoms in total. The molecule has 2 aromatic rings. The number of hydrogen-bond donors (Lipinski definition) is 2. The molecule has 9 heteroatoms. The van der Waals surface area contributed by atoms with E-state index in [9.17, 15) is 18.0 Å². The maximum absolute atomic E-state index is 13.1. The van der Waals surface area contributed by atoms with Crippen LogP contribution in [0.4, 0.5) is 13.2 Å². The van der Waals surface area contributed by atoms with Gasteiger partial charge in [0, 0.05) is 36.6 Å². The number of aliphatic imine (C=N–C) groups is 1. The Morgan fingerprint density at radius 1 is 1.33 bits per heavy atom. The Hall–Kier alpha value is -4.01. The molecule has 0 bridgehead atoms. The first-order valence-electron chi connectivity index (χ1n) is 11.4. The van der Waals surface area contributed by atoms with Crippen molar-refractivity contribution in [3.8, 4) is 0 Å². The van der Waals surface area contributed by atoms with Crippen molar-refractivity contribution in [3.05, 3.63) is 100 Å². The molecule has 1 amide bonds. The van der Waals surface area contributed by atoms with Gasteiger partial charge in [-0.05, 0) is 55.7 Å². The van der Waals surface area contributed by atoms with Crippen molar-refractivity contribution in [2.45, 2.75) is 39.4 Å². The normalized spacial score (nSPS) is 16.2. The molecule has 0 radical (unpaired) electrons. The number of carbonyl (C=O) groups excluding carboxylic acids is 1. The van der Waals surface area contributed by atoms with E-state index in [4.69, 9.17) is 0 Å². The summed E-state index contributed by atoms with van der Waals surface area (Å²) < 4.78 is 39.2. The number of nitrogens with zero attached hydrogens (tertiary/aromatic N) is 3. The maximum atomic E-state index is 13.1. The Labute approximate surface area is 208 Å². The fourth-order valence-corrected chi connectivity index (χ4v) is 3.46. The van der Waals surface area contributed by atoms with Gasteiger partial charge in [0.05, 0.1) is 23.5 Å². The lowest BCUT2D eigenvalue weighted by atomic mass is 10.0. The van der Waals surface area contributed by atoms with Gasteiger partial charge in [0.1, 0.15) is 5.82 Å². The van der Waals surface area contributed by atoms with Gasteiger partial charge in [0.15, 0.2) is 0 Å². The number of imidazole rings is 1. The molecule has 36 heavy (non-hydrogen) atoms. The number of carbonyl (C=O) groups is 1. The van der Waals surface area contributed by atoms with E-state index >= 15 is 0 Å². The third-order valence-electron chi connectivity index (χ3n) is 5.31. The van der Waals surface area contributed by atoms with Crippen molar-refractivity contribution in [2.24, 2.45) is 4.99 Å². The number of alkyl halides is 3. The topological polar surface area (TPSA) is 83.0 Å². The number of nitrogens with one attached hydrogen (secondary N) is 2. The van der Waals surface area contributed by atoms with Crippen molar-refractivity contribution in [1.82, 2.24) is 20.3 Å². The summed E-state index contributed by atoms with van der Waals surface area (Å²) in [6, 6.07) is 3.29. The molecule has 0 saturated carbocycles. The van der Waals surface area contributed by atoms with Crippen LogP contribution in [-0.4, -0.2) is 39.8 Å². The number of amides is 1. The molecule has 2 aromatic heterocycles. The fourth-order valence-electron chi connectivity index (χ4n) is 3.46. The van der Waals surface area contributed by atoms with Crippen LogP contribution in [0.5, 0.6) is 0 Å². The van der Waals surface area contributed by atoms with Crippen molar-refractivity contribution >= 4 is 18.2 Å². The number of pyridine rings is 1. The molecule has 2 N–H and O–H groups in total. The second-order valence-corrected chi connectivity index (χ2v) is 8.26. The Morgan fingerprint density at radius 3 is 2.89 bits per heavy atom. The number of halogens is 3. The lowest BCUT2D eigenvalue weighted by Gasteiger charge is -2.09. The SMILES string of the molecule is C=C/C(C)=C\c1nc(C)[nH]c1CNC(=O)c1ccnc(CC2=CCCN=C/C(C(F)(F)F)=C/C=C2)c1. The third-order valence-corrected chi connectivity index (χ3v) is 5.31. The number of aryl methyl sites for hydroxylation is 1. The summed E-state index contributed by atoms with van der Waals surface area (Å²) in [5.41, 5.74) is 3.52. The van der Waals surface area contributed by atoms with Gasteiger partial charge >= 0.3 is 6.18 Å². The highest BCUT2D eigenvalue weighted by Crippen LogP contribution is 2.24. The zero-order valence-electron chi connectivity index (χ0n) is 20.2. The largest absolute Gasteiger partial charge is 0.417 e. The van der Waals surface area contributed by atoms with E-state index in [0.29, 0.717) is 24.1 Å². The minimum absolute atomic E-state index is 0.247. The molecule has 0 aromatic carbocycles. The summed E-state index contributed by atoms with van der Waals surface area (Å²) in [5, 5.41) is 2.89. The van der Waals surface area contributed by atoms with E-state index in [0.717, 1.165) is 40.6 Å². The number of allylic oxidation sites excluding steroid dienone is 7. The number of aromatic amines is 1. The highest BCUT2D eigenvalue weighted by atomic mass is 19.4. The van der Waals surface area contributed by atoms with Crippen LogP contribution in [0.1, 0.15) is 46.6 Å². The zero-order valence-corrected chi connectivity index (χ0v) is 20.2. The predicted octanol–water partition coefficient (Wildman–Crippen LogP) is 5.62. The summed E-state index contributed by atoms with van der Waals surface area (Å²) in [6.07, 6.45) is 8.31. The van der Waals surface area contributed by atoms with Gasteiger partial charge in [0.25, 0.3) is 5.91 Å². The van der Waals surface area contributed by atoms with E-state index in [1.165, 1.54) is 6.08 Å². The molecule has 0 spiro atoms. The Kier molecular flexibility index (Phi) is 8.94. The second-order valence-electron chi connectivity index (χ2n) is 8.26. The highest BCUT2D eigenvalue weighted by molar-refractivity contribution is 5.94. The minimum Gasteiger partial charge on any atom is -0.346 e. The molecule has 188 valence electrons. The quantitative estimate of drug-likeness (QED) is 0.489. The first-order valence-corrected chi connectivity index (χ1v) is 11.4. The van der Waals surface area contributed by atoms with E-state index in [1.54, 1.807) is 30.5 Å². The molecule has 0 fully saturated rings. The van der Waals surface area contributed by atoms with Crippen LogP contribution in [-0.2, 0) is 13.0 Å². The van der Waals surface area contributed by atoms with Crippen LogP contribution in [0, 0.1) is 6.92 Å². The lowest BCUT2D eigenvalue weighted by Crippen LogP contribution is -2.23. The van der Waals surface area contributed by atoms with Crippen molar-refractivity contribution < 1.29 is 18.0 Å². The summed E-state index contributed by atoms with van der Waals surface area (Å²) in [7, 11) is 0. The number of aromatic nitrogens is 3. The molecular formula is C27H28F3N5O. The van der Waals surface area contributed by atoms with E-state index in [2.05, 4.69) is 31.8 Å². The summed E-state index contributed by atoms with van der Waals surface area (Å²) in [4.78, 5) is 28.6. The Morgan fingerprint density at radius 2 is 2.14 bits per heavy atom. The van der Waals surface area contributed by atoms with E-state index in [1.807, 2.05) is 26.0 Å². The molecule has 1 aliphatic heterocycles. The van der Waals surface area contributed by atoms with Crippen LogP contribution in [0.2, 0.25) is 0 Å². The average molecular weight is 496 g/mol. The Balaban J connectivity index is 1.70. The van der Waals surface area contributed by atoms with Gasteiger partial charge in [-0.1, -0.05) is 30.9 Å². The molecule has 3 heterocycles. The molecule has 1 aliphatic rings. The van der Waals surface area contributed by atoms with E-state index < -0.39 is 11.7 Å². The van der Waals surface area contributed by atoms with Crippen molar-refractivity contribution in [2.75, 3.05) is 6.54 Å². The maximum Gasteiger partial charge on any atom is 0.417 e. The predicted molar refractivity (Wildman–Crippen MR) is 136 cm³/mol. The van der Waals surface area contributed by atoms with Gasteiger partial charge in [-0.3, -0.25) is 14.8 Å². The summed E-state index contributed by atoms with van der Waals surface area (Å²) in [6.45, 7) is 8.01. The van der Waals surface area contributed by atoms with Gasteiger partial charge in [0.2, 0.25) is 0 Å². The van der Waals surface area contributed by atoms with Crippen LogP contribution in [0.3, 0.4) is 0 Å². The van der Waals surface area contributed by atoms with Crippen molar-refractivity contribution in [1.29, 1.82) is 0 Å². The highest BCUT2D eigenvalue weighted by Gasteiger charge is 2.31. The average Bonchev–Trinajstić information content (AvgIpc) is 3.19. The van der Waals surface area contributed by atoms with Gasteiger partial charge < -0.3 is 10.3 Å².